The molecule has 0 fully saturated rings. The van der Waals surface area contributed by atoms with Gasteiger partial charge in [0.2, 0.25) is 0 Å². The number of aromatic amines is 1. The lowest BCUT2D eigenvalue weighted by Crippen LogP contribution is -2.13. The molecule has 0 atom stereocenters. The van der Waals surface area contributed by atoms with Crippen LogP contribution in [0.5, 0.6) is 0 Å². The van der Waals surface area contributed by atoms with Crippen LogP contribution in [0.3, 0.4) is 0 Å². The van der Waals surface area contributed by atoms with Gasteiger partial charge in [0.1, 0.15) is 0 Å². The van der Waals surface area contributed by atoms with E-state index in [0.29, 0.717) is 16.9 Å². The topological polar surface area (TPSA) is 88.5 Å². The number of aryl methyl sites for hydroxylation is 4. The monoisotopic (exact) mass is 284 g/mol. The van der Waals surface area contributed by atoms with Crippen molar-refractivity contribution in [3.05, 3.63) is 34.9 Å². The second kappa shape index (κ2) is 4.69. The number of nitrogens with one attached hydrogen (secondary N) is 2. The van der Waals surface area contributed by atoms with Gasteiger partial charge in [0.25, 0.3) is 5.91 Å². The molecule has 7 heteroatoms. The fourth-order valence-corrected chi connectivity index (χ4v) is 2.46. The maximum Gasteiger partial charge on any atom is 0.259 e. The molecular weight excluding hydrogens is 268 g/mol. The fraction of sp³-hybridized carbons (Fsp3) is 0.286. The number of rotatable bonds is 2. The number of aromatic nitrogens is 5. The minimum absolute atomic E-state index is 0.193. The number of amides is 1. The lowest BCUT2D eigenvalue weighted by Gasteiger charge is -2.05. The van der Waals surface area contributed by atoms with Crippen LogP contribution >= 0.6 is 0 Å². The summed E-state index contributed by atoms with van der Waals surface area (Å²) in [5.74, 6) is -0.193. The van der Waals surface area contributed by atoms with Gasteiger partial charge in [-0.05, 0) is 26.8 Å². The van der Waals surface area contributed by atoms with Gasteiger partial charge in [0.05, 0.1) is 28.8 Å². The zero-order valence-corrected chi connectivity index (χ0v) is 12.4. The van der Waals surface area contributed by atoms with Gasteiger partial charge in [-0.2, -0.15) is 10.2 Å². The number of fused-ring (bicyclic) bond motifs is 1. The van der Waals surface area contributed by atoms with Crippen molar-refractivity contribution in [3.8, 4) is 0 Å². The molecule has 7 nitrogen and oxygen atoms in total. The first-order chi connectivity index (χ1) is 9.97. The van der Waals surface area contributed by atoms with Crippen molar-refractivity contribution >= 4 is 22.6 Å². The summed E-state index contributed by atoms with van der Waals surface area (Å²) in [5, 5.41) is 14.9. The van der Waals surface area contributed by atoms with Crippen LogP contribution in [0, 0.1) is 20.8 Å². The zero-order valence-electron chi connectivity index (χ0n) is 12.4. The molecule has 21 heavy (non-hydrogen) atoms. The quantitative estimate of drug-likeness (QED) is 0.752. The van der Waals surface area contributed by atoms with Crippen molar-refractivity contribution in [3.63, 3.8) is 0 Å². The molecule has 0 unspecified atom stereocenters. The van der Waals surface area contributed by atoms with Crippen LogP contribution in [0.25, 0.3) is 11.0 Å². The SMILES string of the molecule is Cc1n[nH]c(C)c1C(=O)Nc1cnc2c(c1)c(C)nn2C. The first-order valence-corrected chi connectivity index (χ1v) is 6.59. The molecule has 1 amide bonds. The summed E-state index contributed by atoms with van der Waals surface area (Å²) in [6.45, 7) is 5.53. The summed E-state index contributed by atoms with van der Waals surface area (Å²) in [6, 6.07) is 1.88. The maximum atomic E-state index is 12.3. The minimum Gasteiger partial charge on any atom is -0.320 e. The normalized spacial score (nSPS) is 11.0. The second-order valence-corrected chi connectivity index (χ2v) is 5.07. The van der Waals surface area contributed by atoms with Gasteiger partial charge >= 0.3 is 0 Å². The summed E-state index contributed by atoms with van der Waals surface area (Å²) < 4.78 is 1.72. The fourth-order valence-electron chi connectivity index (χ4n) is 2.46. The Bertz CT molecular complexity index is 825. The van der Waals surface area contributed by atoms with Crippen molar-refractivity contribution in [2.45, 2.75) is 20.8 Å². The standard InChI is InChI=1S/C14H16N6O/c1-7-11-5-10(6-15-13(11)20(4)19-7)16-14(21)12-8(2)17-18-9(12)3/h5-6H,1-4H3,(H,16,21)(H,17,18). The molecule has 0 saturated carbocycles. The third-order valence-electron chi connectivity index (χ3n) is 3.48. The van der Waals surface area contributed by atoms with Crippen molar-refractivity contribution in [2.75, 3.05) is 5.32 Å². The smallest absolute Gasteiger partial charge is 0.259 e. The van der Waals surface area contributed by atoms with Crippen LogP contribution in [-0.4, -0.2) is 30.9 Å². The molecule has 0 aromatic carbocycles. The molecule has 0 saturated heterocycles. The number of carbonyl (C=O) groups is 1. The van der Waals surface area contributed by atoms with Gasteiger partial charge < -0.3 is 5.32 Å². The van der Waals surface area contributed by atoms with Crippen LogP contribution in [0.1, 0.15) is 27.4 Å². The molecular formula is C14H16N6O. The lowest BCUT2D eigenvalue weighted by atomic mass is 10.2. The number of pyridine rings is 1. The van der Waals surface area contributed by atoms with Crippen LogP contribution < -0.4 is 5.32 Å². The van der Waals surface area contributed by atoms with Gasteiger partial charge in [-0.1, -0.05) is 0 Å². The third-order valence-corrected chi connectivity index (χ3v) is 3.48. The summed E-state index contributed by atoms with van der Waals surface area (Å²) >= 11 is 0. The molecule has 3 heterocycles. The van der Waals surface area contributed by atoms with E-state index in [2.05, 4.69) is 25.6 Å². The zero-order chi connectivity index (χ0) is 15.1. The van der Waals surface area contributed by atoms with Gasteiger partial charge in [0.15, 0.2) is 5.65 Å². The van der Waals surface area contributed by atoms with Crippen molar-refractivity contribution in [2.24, 2.45) is 7.05 Å². The van der Waals surface area contributed by atoms with E-state index in [-0.39, 0.29) is 5.91 Å². The number of carbonyl (C=O) groups excluding carboxylic acids is 1. The van der Waals surface area contributed by atoms with Crippen LogP contribution in [0.2, 0.25) is 0 Å². The highest BCUT2D eigenvalue weighted by Crippen LogP contribution is 2.20. The van der Waals surface area contributed by atoms with Crippen molar-refractivity contribution in [1.82, 2.24) is 25.0 Å². The van der Waals surface area contributed by atoms with Gasteiger partial charge in [-0.25, -0.2) is 4.98 Å². The Morgan fingerprint density at radius 3 is 2.71 bits per heavy atom. The van der Waals surface area contributed by atoms with E-state index in [1.807, 2.05) is 27.0 Å². The Kier molecular flexibility index (Phi) is 2.97. The third kappa shape index (κ3) is 2.16. The number of nitrogens with zero attached hydrogens (tertiary/aromatic N) is 4. The number of hydrogen-bond donors (Lipinski definition) is 2. The van der Waals surface area contributed by atoms with E-state index < -0.39 is 0 Å². The Morgan fingerprint density at radius 2 is 2.05 bits per heavy atom. The molecule has 0 radical (unpaired) electrons. The molecule has 0 bridgehead atoms. The molecule has 0 spiro atoms. The van der Waals surface area contributed by atoms with Crippen LogP contribution in [0.15, 0.2) is 12.3 Å². The average Bonchev–Trinajstić information content (AvgIpc) is 2.90. The van der Waals surface area contributed by atoms with E-state index in [4.69, 9.17) is 0 Å². The van der Waals surface area contributed by atoms with E-state index in [0.717, 1.165) is 22.4 Å². The highest BCUT2D eigenvalue weighted by molar-refractivity contribution is 6.06. The highest BCUT2D eigenvalue weighted by atomic mass is 16.1. The Morgan fingerprint density at radius 1 is 1.29 bits per heavy atom. The average molecular weight is 284 g/mol. The second-order valence-electron chi connectivity index (χ2n) is 5.07. The number of H-pyrrole nitrogens is 1. The molecule has 3 aromatic heterocycles. The van der Waals surface area contributed by atoms with Crippen LogP contribution in [-0.2, 0) is 7.05 Å². The summed E-state index contributed by atoms with van der Waals surface area (Å²) in [6.07, 6.45) is 1.63. The molecule has 3 rings (SSSR count). The largest absolute Gasteiger partial charge is 0.320 e. The van der Waals surface area contributed by atoms with E-state index in [1.165, 1.54) is 0 Å². The molecule has 2 N–H and O–H groups in total. The summed E-state index contributed by atoms with van der Waals surface area (Å²) in [7, 11) is 1.85. The van der Waals surface area contributed by atoms with Crippen molar-refractivity contribution < 1.29 is 4.79 Å². The molecule has 0 aliphatic heterocycles. The lowest BCUT2D eigenvalue weighted by molar-refractivity contribution is 0.102. The van der Waals surface area contributed by atoms with Crippen molar-refractivity contribution in [1.29, 1.82) is 0 Å². The first kappa shape index (κ1) is 13.3. The first-order valence-electron chi connectivity index (χ1n) is 6.59. The Labute approximate surface area is 121 Å². The Hall–Kier alpha value is -2.70. The number of hydrogen-bond acceptors (Lipinski definition) is 4. The minimum atomic E-state index is -0.193. The van der Waals surface area contributed by atoms with Crippen LogP contribution in [0.4, 0.5) is 5.69 Å². The predicted molar refractivity (Wildman–Crippen MR) is 79.3 cm³/mol. The Balaban J connectivity index is 1.95. The van der Waals surface area contributed by atoms with E-state index in [9.17, 15) is 4.79 Å². The summed E-state index contributed by atoms with van der Waals surface area (Å²) in [5.41, 5.74) is 4.31. The molecule has 3 aromatic rings. The highest BCUT2D eigenvalue weighted by Gasteiger charge is 2.16. The van der Waals surface area contributed by atoms with Gasteiger partial charge in [-0.3, -0.25) is 14.6 Å². The molecule has 0 aliphatic rings. The van der Waals surface area contributed by atoms with E-state index in [1.54, 1.807) is 17.8 Å². The predicted octanol–water partition coefficient (Wildman–Crippen LogP) is 1.87. The van der Waals surface area contributed by atoms with Gasteiger partial charge in [-0.15, -0.1) is 0 Å². The molecule has 108 valence electrons. The van der Waals surface area contributed by atoms with Gasteiger partial charge in [0, 0.05) is 18.1 Å². The summed E-state index contributed by atoms with van der Waals surface area (Å²) in [4.78, 5) is 16.7. The maximum absolute atomic E-state index is 12.3. The van der Waals surface area contributed by atoms with E-state index >= 15 is 0 Å². The number of anilines is 1. The molecule has 0 aliphatic carbocycles.